The van der Waals surface area contributed by atoms with Crippen molar-refractivity contribution in [2.24, 2.45) is 0 Å². The van der Waals surface area contributed by atoms with Crippen LogP contribution in [-0.4, -0.2) is 46.9 Å². The van der Waals surface area contributed by atoms with E-state index in [2.05, 4.69) is 11.4 Å². The molecule has 1 saturated heterocycles. The molecule has 1 N–H and O–H groups in total. The maximum atomic E-state index is 12.5. The van der Waals surface area contributed by atoms with E-state index >= 15 is 0 Å². The summed E-state index contributed by atoms with van der Waals surface area (Å²) in [4.78, 5) is 25.9. The van der Waals surface area contributed by atoms with Crippen LogP contribution in [0, 0.1) is 11.3 Å². The first kappa shape index (κ1) is 20.1. The molecule has 2 atom stereocenters. The molecule has 7 nitrogen and oxygen atoms in total. The van der Waals surface area contributed by atoms with E-state index in [1.54, 1.807) is 46.4 Å². The molecule has 0 spiro atoms. The molecule has 2 amide bonds. The summed E-state index contributed by atoms with van der Waals surface area (Å²) in [7, 11) is 0. The monoisotopic (exact) mass is 339 g/mol. The fourth-order valence-electron chi connectivity index (χ4n) is 2.60. The van der Waals surface area contributed by atoms with Crippen LogP contribution in [0.5, 0.6) is 0 Å². The third kappa shape index (κ3) is 6.65. The summed E-state index contributed by atoms with van der Waals surface area (Å²) in [5, 5.41) is 11.7. The molecule has 0 unspecified atom stereocenters. The first-order valence-corrected chi connectivity index (χ1v) is 8.28. The standard InChI is InChI=1S/C17H29N3O4/c1-16(2,3)23-14(21)19-11-13-8-7-12(9-10-18)20(13)15(22)24-17(4,5)6/h12-13H,7-9,11H2,1-6H3,(H,19,21)/t12-,13+/m1/s1. The molecule has 136 valence electrons. The quantitative estimate of drug-likeness (QED) is 0.852. The van der Waals surface area contributed by atoms with Gasteiger partial charge in [-0.15, -0.1) is 0 Å². The maximum absolute atomic E-state index is 12.5. The van der Waals surface area contributed by atoms with Crippen LogP contribution in [0.2, 0.25) is 0 Å². The Kier molecular flexibility index (Phi) is 6.47. The molecule has 1 fully saturated rings. The zero-order valence-corrected chi connectivity index (χ0v) is 15.5. The Morgan fingerprint density at radius 3 is 2.12 bits per heavy atom. The molecule has 1 aliphatic heterocycles. The van der Waals surface area contributed by atoms with Gasteiger partial charge in [-0.1, -0.05) is 0 Å². The second-order valence-corrected chi connectivity index (χ2v) is 8.02. The van der Waals surface area contributed by atoms with Crippen LogP contribution in [0.25, 0.3) is 0 Å². The average molecular weight is 339 g/mol. The smallest absolute Gasteiger partial charge is 0.410 e. The molecule has 0 saturated carbocycles. The SMILES string of the molecule is CC(C)(C)OC(=O)NC[C@@H]1CC[C@H](CC#N)N1C(=O)OC(C)(C)C. The number of hydrogen-bond donors (Lipinski definition) is 1. The summed E-state index contributed by atoms with van der Waals surface area (Å²) in [6.07, 6.45) is 0.712. The number of nitrogens with one attached hydrogen (secondary N) is 1. The van der Waals surface area contributed by atoms with Gasteiger partial charge in [0.15, 0.2) is 0 Å². The molecule has 0 radical (unpaired) electrons. The number of nitriles is 1. The van der Waals surface area contributed by atoms with Gasteiger partial charge in [0.1, 0.15) is 11.2 Å². The van der Waals surface area contributed by atoms with E-state index in [-0.39, 0.29) is 25.0 Å². The van der Waals surface area contributed by atoms with E-state index in [1.165, 1.54) is 0 Å². The predicted molar refractivity (Wildman–Crippen MR) is 89.3 cm³/mol. The fourth-order valence-corrected chi connectivity index (χ4v) is 2.60. The first-order chi connectivity index (χ1) is 10.9. The number of amides is 2. The van der Waals surface area contributed by atoms with Gasteiger partial charge in [0.2, 0.25) is 0 Å². The highest BCUT2D eigenvalue weighted by Crippen LogP contribution is 2.28. The molecular formula is C17H29N3O4. The topological polar surface area (TPSA) is 91.7 Å². The van der Waals surface area contributed by atoms with Gasteiger partial charge in [-0.25, -0.2) is 9.59 Å². The Hall–Kier alpha value is -1.97. The number of hydrogen-bond acceptors (Lipinski definition) is 5. The van der Waals surface area contributed by atoms with Crippen molar-refractivity contribution >= 4 is 12.2 Å². The minimum Gasteiger partial charge on any atom is -0.444 e. The number of ether oxygens (including phenoxy) is 2. The summed E-state index contributed by atoms with van der Waals surface area (Å²) in [5.74, 6) is 0. The van der Waals surface area contributed by atoms with Gasteiger partial charge in [0, 0.05) is 12.6 Å². The zero-order chi connectivity index (χ0) is 18.5. The summed E-state index contributed by atoms with van der Waals surface area (Å²) in [5.41, 5.74) is -1.19. The van der Waals surface area contributed by atoms with Crippen molar-refractivity contribution in [2.45, 2.75) is 84.1 Å². The van der Waals surface area contributed by atoms with Gasteiger partial charge >= 0.3 is 12.2 Å². The van der Waals surface area contributed by atoms with Gasteiger partial charge in [-0.05, 0) is 54.4 Å². The summed E-state index contributed by atoms with van der Waals surface area (Å²) in [6, 6.07) is 1.72. The Morgan fingerprint density at radius 1 is 1.08 bits per heavy atom. The van der Waals surface area contributed by atoms with E-state index in [4.69, 9.17) is 14.7 Å². The van der Waals surface area contributed by atoms with Crippen LogP contribution >= 0.6 is 0 Å². The zero-order valence-electron chi connectivity index (χ0n) is 15.5. The maximum Gasteiger partial charge on any atom is 0.410 e. The number of alkyl carbamates (subject to hydrolysis) is 1. The second-order valence-electron chi connectivity index (χ2n) is 8.02. The van der Waals surface area contributed by atoms with Crippen LogP contribution < -0.4 is 5.32 Å². The Bertz CT molecular complexity index is 499. The molecule has 0 aliphatic carbocycles. The van der Waals surface area contributed by atoms with Crippen LogP contribution in [0.1, 0.15) is 60.8 Å². The number of carbonyl (C=O) groups is 2. The van der Waals surface area contributed by atoms with E-state index in [1.807, 2.05) is 0 Å². The van der Waals surface area contributed by atoms with E-state index in [0.717, 1.165) is 0 Å². The van der Waals surface area contributed by atoms with Crippen LogP contribution in [0.3, 0.4) is 0 Å². The molecule has 1 aliphatic rings. The van der Waals surface area contributed by atoms with Crippen LogP contribution in [-0.2, 0) is 9.47 Å². The summed E-state index contributed by atoms with van der Waals surface area (Å²) >= 11 is 0. The van der Waals surface area contributed by atoms with Crippen molar-refractivity contribution in [1.29, 1.82) is 5.26 Å². The Morgan fingerprint density at radius 2 is 1.62 bits per heavy atom. The highest BCUT2D eigenvalue weighted by Gasteiger charge is 2.39. The van der Waals surface area contributed by atoms with Crippen molar-refractivity contribution < 1.29 is 19.1 Å². The average Bonchev–Trinajstić information content (AvgIpc) is 2.76. The Labute approximate surface area is 144 Å². The Balaban J connectivity index is 2.72. The highest BCUT2D eigenvalue weighted by molar-refractivity contribution is 5.70. The molecular weight excluding hydrogens is 310 g/mol. The number of rotatable bonds is 3. The summed E-state index contributed by atoms with van der Waals surface area (Å²) < 4.78 is 10.7. The highest BCUT2D eigenvalue weighted by atomic mass is 16.6. The molecule has 1 rings (SSSR count). The van der Waals surface area contributed by atoms with E-state index in [9.17, 15) is 9.59 Å². The molecule has 24 heavy (non-hydrogen) atoms. The lowest BCUT2D eigenvalue weighted by Crippen LogP contribution is -2.48. The lowest BCUT2D eigenvalue weighted by atomic mass is 10.1. The van der Waals surface area contributed by atoms with E-state index in [0.29, 0.717) is 12.8 Å². The lowest BCUT2D eigenvalue weighted by molar-refractivity contribution is 0.0137. The number of nitrogens with zero attached hydrogens (tertiary/aromatic N) is 2. The lowest BCUT2D eigenvalue weighted by Gasteiger charge is -2.32. The minimum absolute atomic E-state index is 0.185. The molecule has 0 aromatic rings. The van der Waals surface area contributed by atoms with Crippen molar-refractivity contribution in [3.05, 3.63) is 0 Å². The van der Waals surface area contributed by atoms with Crippen molar-refractivity contribution in [1.82, 2.24) is 10.2 Å². The van der Waals surface area contributed by atoms with Crippen LogP contribution in [0.15, 0.2) is 0 Å². The number of likely N-dealkylation sites (tertiary alicyclic amines) is 1. The molecule has 7 heteroatoms. The van der Waals surface area contributed by atoms with Gasteiger partial charge in [0.25, 0.3) is 0 Å². The third-order valence-electron chi connectivity index (χ3n) is 3.43. The van der Waals surface area contributed by atoms with Gasteiger partial charge in [0.05, 0.1) is 18.5 Å². The molecule has 1 heterocycles. The van der Waals surface area contributed by atoms with E-state index < -0.39 is 23.4 Å². The summed E-state index contributed by atoms with van der Waals surface area (Å²) in [6.45, 7) is 11.0. The molecule has 0 aromatic carbocycles. The molecule has 0 bridgehead atoms. The van der Waals surface area contributed by atoms with Crippen molar-refractivity contribution in [2.75, 3.05) is 6.54 Å². The first-order valence-electron chi connectivity index (χ1n) is 8.28. The van der Waals surface area contributed by atoms with Crippen molar-refractivity contribution in [3.63, 3.8) is 0 Å². The third-order valence-corrected chi connectivity index (χ3v) is 3.43. The molecule has 0 aromatic heterocycles. The predicted octanol–water partition coefficient (Wildman–Crippen LogP) is 3.19. The largest absolute Gasteiger partial charge is 0.444 e. The van der Waals surface area contributed by atoms with Crippen molar-refractivity contribution in [3.8, 4) is 6.07 Å². The minimum atomic E-state index is -0.611. The van der Waals surface area contributed by atoms with Crippen LogP contribution in [0.4, 0.5) is 9.59 Å². The number of carbonyl (C=O) groups excluding carboxylic acids is 2. The van der Waals surface area contributed by atoms with Gasteiger partial charge in [-0.2, -0.15) is 5.26 Å². The van der Waals surface area contributed by atoms with Gasteiger partial charge in [-0.3, -0.25) is 4.90 Å². The van der Waals surface area contributed by atoms with Gasteiger partial charge < -0.3 is 14.8 Å². The fraction of sp³-hybridized carbons (Fsp3) is 0.824. The second kappa shape index (κ2) is 7.73. The normalized spacial score (nSPS) is 21.1.